The average molecular weight is 503 g/mol. The topological polar surface area (TPSA) is 87.4 Å². The monoisotopic (exact) mass is 503 g/mol. The molecule has 1 aromatic carbocycles. The Morgan fingerprint density at radius 2 is 2.04 bits per heavy atom. The van der Waals surface area contributed by atoms with Crippen LogP contribution in [-0.4, -0.2) is 58.7 Å². The predicted octanol–water partition coefficient (Wildman–Crippen LogP) is 1.42. The normalized spacial score (nSPS) is 10.9. The lowest BCUT2D eigenvalue weighted by Crippen LogP contribution is -2.43. The molecule has 0 saturated carbocycles. The number of hydrogen-bond acceptors (Lipinski definition) is 4. The van der Waals surface area contributed by atoms with Gasteiger partial charge in [0, 0.05) is 39.2 Å². The summed E-state index contributed by atoms with van der Waals surface area (Å²) in [6.45, 7) is 3.50. The first-order chi connectivity index (χ1) is 13.0. The SMILES string of the molecule is CCc1nncn1CCNC(=NCc1ccccc1F)NCC(=O)N(C)C.I. The molecule has 0 bridgehead atoms. The smallest absolute Gasteiger partial charge is 0.241 e. The van der Waals surface area contributed by atoms with Gasteiger partial charge in [0.1, 0.15) is 18.0 Å². The number of aryl methyl sites for hydroxylation is 1. The molecule has 1 heterocycles. The fraction of sp³-hybridized carbons (Fsp3) is 0.444. The molecular formula is C18H27FIN7O. The van der Waals surface area contributed by atoms with Gasteiger partial charge in [0.05, 0.1) is 13.1 Å². The average Bonchev–Trinajstić information content (AvgIpc) is 3.11. The van der Waals surface area contributed by atoms with Gasteiger partial charge in [0.2, 0.25) is 5.91 Å². The minimum atomic E-state index is -0.304. The summed E-state index contributed by atoms with van der Waals surface area (Å²) in [5.41, 5.74) is 0.490. The summed E-state index contributed by atoms with van der Waals surface area (Å²) in [6, 6.07) is 6.49. The molecule has 1 aromatic heterocycles. The molecule has 2 rings (SSSR count). The molecule has 10 heteroatoms. The number of guanidine groups is 1. The molecule has 154 valence electrons. The van der Waals surface area contributed by atoms with Crippen LogP contribution in [0, 0.1) is 5.82 Å². The molecule has 0 atom stereocenters. The molecule has 2 aromatic rings. The van der Waals surface area contributed by atoms with Gasteiger partial charge in [-0.2, -0.15) is 0 Å². The Hall–Kier alpha value is -2.24. The highest BCUT2D eigenvalue weighted by Gasteiger charge is 2.07. The van der Waals surface area contributed by atoms with Crippen LogP contribution in [0.3, 0.4) is 0 Å². The highest BCUT2D eigenvalue weighted by molar-refractivity contribution is 14.0. The molecular weight excluding hydrogens is 476 g/mol. The number of rotatable bonds is 8. The number of halogens is 2. The summed E-state index contributed by atoms with van der Waals surface area (Å²) in [5.74, 6) is 0.960. The number of hydrogen-bond donors (Lipinski definition) is 2. The van der Waals surface area contributed by atoms with Gasteiger partial charge in [-0.15, -0.1) is 34.2 Å². The number of carbonyl (C=O) groups is 1. The van der Waals surface area contributed by atoms with E-state index in [4.69, 9.17) is 0 Å². The van der Waals surface area contributed by atoms with Crippen molar-refractivity contribution >= 4 is 35.8 Å². The van der Waals surface area contributed by atoms with Crippen LogP contribution in [0.4, 0.5) is 4.39 Å². The molecule has 0 unspecified atom stereocenters. The number of likely N-dealkylation sites (N-methyl/N-ethyl adjacent to an activating group) is 1. The molecule has 0 saturated heterocycles. The van der Waals surface area contributed by atoms with Crippen LogP contribution in [0.1, 0.15) is 18.3 Å². The van der Waals surface area contributed by atoms with Gasteiger partial charge in [-0.05, 0) is 6.07 Å². The van der Waals surface area contributed by atoms with Gasteiger partial charge in [-0.25, -0.2) is 9.38 Å². The molecule has 0 spiro atoms. The van der Waals surface area contributed by atoms with Crippen LogP contribution < -0.4 is 10.6 Å². The van der Waals surface area contributed by atoms with Crippen molar-refractivity contribution in [2.24, 2.45) is 4.99 Å². The van der Waals surface area contributed by atoms with E-state index in [2.05, 4.69) is 25.8 Å². The fourth-order valence-corrected chi connectivity index (χ4v) is 2.32. The summed E-state index contributed by atoms with van der Waals surface area (Å²) in [6.07, 6.45) is 2.48. The largest absolute Gasteiger partial charge is 0.355 e. The second-order valence-corrected chi connectivity index (χ2v) is 6.12. The second-order valence-electron chi connectivity index (χ2n) is 6.12. The minimum Gasteiger partial charge on any atom is -0.355 e. The van der Waals surface area contributed by atoms with Crippen molar-refractivity contribution in [2.75, 3.05) is 27.2 Å². The molecule has 8 nitrogen and oxygen atoms in total. The van der Waals surface area contributed by atoms with E-state index in [0.29, 0.717) is 24.6 Å². The van der Waals surface area contributed by atoms with Crippen molar-refractivity contribution in [3.05, 3.63) is 47.8 Å². The van der Waals surface area contributed by atoms with E-state index in [1.165, 1.54) is 11.0 Å². The molecule has 2 N–H and O–H groups in total. The van der Waals surface area contributed by atoms with Crippen LogP contribution in [0.2, 0.25) is 0 Å². The number of nitrogens with one attached hydrogen (secondary N) is 2. The third kappa shape index (κ3) is 7.41. The maximum Gasteiger partial charge on any atom is 0.241 e. The first-order valence-corrected chi connectivity index (χ1v) is 8.83. The maximum absolute atomic E-state index is 13.8. The Morgan fingerprint density at radius 3 is 2.71 bits per heavy atom. The van der Waals surface area contributed by atoms with Crippen molar-refractivity contribution in [3.63, 3.8) is 0 Å². The number of aliphatic imine (C=N–C) groups is 1. The Kier molecular flexibility index (Phi) is 10.4. The van der Waals surface area contributed by atoms with Gasteiger partial charge in [-0.1, -0.05) is 25.1 Å². The zero-order chi connectivity index (χ0) is 19.6. The van der Waals surface area contributed by atoms with Crippen molar-refractivity contribution in [3.8, 4) is 0 Å². The quantitative estimate of drug-likeness (QED) is 0.324. The van der Waals surface area contributed by atoms with Crippen molar-refractivity contribution in [1.29, 1.82) is 0 Å². The summed E-state index contributed by atoms with van der Waals surface area (Å²) in [5, 5.41) is 14.1. The highest BCUT2D eigenvalue weighted by atomic mass is 127. The third-order valence-corrected chi connectivity index (χ3v) is 3.93. The van der Waals surface area contributed by atoms with Gasteiger partial charge < -0.3 is 20.1 Å². The van der Waals surface area contributed by atoms with E-state index < -0.39 is 0 Å². The molecule has 0 aliphatic carbocycles. The van der Waals surface area contributed by atoms with E-state index >= 15 is 0 Å². The van der Waals surface area contributed by atoms with E-state index in [1.807, 2.05) is 11.5 Å². The molecule has 0 fully saturated rings. The Morgan fingerprint density at radius 1 is 1.29 bits per heavy atom. The number of nitrogens with zero attached hydrogens (tertiary/aromatic N) is 5. The number of carbonyl (C=O) groups excluding carboxylic acids is 1. The second kappa shape index (κ2) is 12.3. The number of benzene rings is 1. The zero-order valence-electron chi connectivity index (χ0n) is 16.4. The van der Waals surface area contributed by atoms with Crippen molar-refractivity contribution in [1.82, 2.24) is 30.3 Å². The van der Waals surface area contributed by atoms with Crippen molar-refractivity contribution in [2.45, 2.75) is 26.4 Å². The Labute approximate surface area is 181 Å². The summed E-state index contributed by atoms with van der Waals surface area (Å²) >= 11 is 0. The standard InChI is InChI=1S/C18H26FN7O.HI/c1-4-16-24-23-13-26(16)10-9-20-18(22-12-17(27)25(2)3)21-11-14-7-5-6-8-15(14)19;/h5-8,13H,4,9-12H2,1-3H3,(H2,20,21,22);1H. The van der Waals surface area contributed by atoms with E-state index in [9.17, 15) is 9.18 Å². The number of aromatic nitrogens is 3. The first kappa shape index (κ1) is 23.8. The van der Waals surface area contributed by atoms with Crippen LogP contribution in [0.15, 0.2) is 35.6 Å². The van der Waals surface area contributed by atoms with Gasteiger partial charge in [0.25, 0.3) is 0 Å². The predicted molar refractivity (Wildman–Crippen MR) is 117 cm³/mol. The van der Waals surface area contributed by atoms with Gasteiger partial charge >= 0.3 is 0 Å². The minimum absolute atomic E-state index is 0. The lowest BCUT2D eigenvalue weighted by Gasteiger charge is -2.15. The molecule has 1 amide bonds. The summed E-state index contributed by atoms with van der Waals surface area (Å²) < 4.78 is 15.7. The number of amides is 1. The Balaban J connectivity index is 0.00000392. The van der Waals surface area contributed by atoms with Gasteiger partial charge in [-0.3, -0.25) is 4.79 Å². The van der Waals surface area contributed by atoms with Crippen molar-refractivity contribution < 1.29 is 9.18 Å². The first-order valence-electron chi connectivity index (χ1n) is 8.83. The lowest BCUT2D eigenvalue weighted by molar-refractivity contribution is -0.127. The third-order valence-electron chi connectivity index (χ3n) is 3.93. The van der Waals surface area contributed by atoms with E-state index in [0.717, 1.165) is 12.2 Å². The zero-order valence-corrected chi connectivity index (χ0v) is 18.7. The van der Waals surface area contributed by atoms with Crippen LogP contribution in [0.25, 0.3) is 0 Å². The van der Waals surface area contributed by atoms with Gasteiger partial charge in [0.15, 0.2) is 5.96 Å². The molecule has 0 aliphatic heterocycles. The lowest BCUT2D eigenvalue weighted by atomic mass is 10.2. The summed E-state index contributed by atoms with van der Waals surface area (Å²) in [7, 11) is 3.37. The Bertz CT molecular complexity index is 779. The molecule has 0 radical (unpaired) electrons. The van der Waals surface area contributed by atoms with Crippen LogP contribution in [0.5, 0.6) is 0 Å². The fourth-order valence-electron chi connectivity index (χ4n) is 2.32. The van der Waals surface area contributed by atoms with E-state index in [-0.39, 0.29) is 48.8 Å². The summed E-state index contributed by atoms with van der Waals surface area (Å²) in [4.78, 5) is 17.7. The maximum atomic E-state index is 13.8. The highest BCUT2D eigenvalue weighted by Crippen LogP contribution is 2.07. The molecule has 0 aliphatic rings. The van der Waals surface area contributed by atoms with E-state index in [1.54, 1.807) is 38.6 Å². The van der Waals surface area contributed by atoms with Crippen LogP contribution >= 0.6 is 24.0 Å². The van der Waals surface area contributed by atoms with Crippen LogP contribution in [-0.2, 0) is 24.3 Å². The molecule has 28 heavy (non-hydrogen) atoms.